The van der Waals surface area contributed by atoms with Gasteiger partial charge in [-0.05, 0) is 19.1 Å². The molecule has 0 radical (unpaired) electrons. The van der Waals surface area contributed by atoms with E-state index in [1.165, 1.54) is 12.1 Å². The van der Waals surface area contributed by atoms with Crippen molar-refractivity contribution in [3.63, 3.8) is 0 Å². The topological polar surface area (TPSA) is 56.8 Å². The Hall–Kier alpha value is -2.45. The number of esters is 1. The van der Waals surface area contributed by atoms with Crippen molar-refractivity contribution in [2.75, 3.05) is 13.2 Å². The second-order valence-electron chi connectivity index (χ2n) is 4.79. The van der Waals surface area contributed by atoms with E-state index in [1.807, 2.05) is 0 Å². The summed E-state index contributed by atoms with van der Waals surface area (Å²) in [5.41, 5.74) is 0. The lowest BCUT2D eigenvalue weighted by atomic mass is 10.3. The Morgan fingerprint density at radius 2 is 1.48 bits per heavy atom. The van der Waals surface area contributed by atoms with Crippen molar-refractivity contribution in [1.82, 2.24) is 5.09 Å². The molecule has 1 atom stereocenters. The van der Waals surface area contributed by atoms with Gasteiger partial charge in [0.1, 0.15) is 12.3 Å². The van der Waals surface area contributed by atoms with E-state index in [1.54, 1.807) is 25.1 Å². The van der Waals surface area contributed by atoms with Gasteiger partial charge in [-0.1, -0.05) is 18.2 Å². The van der Waals surface area contributed by atoms with Crippen molar-refractivity contribution >= 4 is 14.5 Å². The summed E-state index contributed by atoms with van der Waals surface area (Å²) in [6.07, 6.45) is 0. The number of carbonyl (C=O) groups excluding carboxylic acids is 1. The first kappa shape index (κ1) is 20.9. The molecular weight excluding hydrogens is 396 g/mol. The van der Waals surface area contributed by atoms with Gasteiger partial charge in [0, 0.05) is 0 Å². The van der Waals surface area contributed by atoms with E-state index in [4.69, 9.17) is 9.05 Å². The zero-order valence-electron chi connectivity index (χ0n) is 13.8. The predicted molar refractivity (Wildman–Crippen MR) is 85.5 cm³/mol. The summed E-state index contributed by atoms with van der Waals surface area (Å²) < 4.78 is 82.3. The van der Waals surface area contributed by atoms with Crippen LogP contribution in [0.4, 0.5) is 22.0 Å². The summed E-state index contributed by atoms with van der Waals surface area (Å²) >= 11 is 0. The highest BCUT2D eigenvalue weighted by molar-refractivity contribution is 7.45. The molecule has 1 unspecified atom stereocenters. The average Bonchev–Trinajstić information content (AvgIpc) is 2.67. The lowest BCUT2D eigenvalue weighted by Crippen LogP contribution is -2.24. The van der Waals surface area contributed by atoms with Crippen molar-refractivity contribution in [3.8, 4) is 11.5 Å². The summed E-state index contributed by atoms with van der Waals surface area (Å²) in [5.74, 6) is -13.0. The van der Waals surface area contributed by atoms with Gasteiger partial charge in [0.15, 0.2) is 0 Å². The molecule has 2 aromatic carbocycles. The highest BCUT2D eigenvalue weighted by Gasteiger charge is 2.30. The van der Waals surface area contributed by atoms with E-state index in [0.29, 0.717) is 0 Å². The van der Waals surface area contributed by atoms with Gasteiger partial charge in [0.2, 0.25) is 34.8 Å². The van der Waals surface area contributed by atoms with Crippen molar-refractivity contribution in [1.29, 1.82) is 0 Å². The van der Waals surface area contributed by atoms with Crippen LogP contribution in [0.1, 0.15) is 6.92 Å². The Labute approximate surface area is 152 Å². The van der Waals surface area contributed by atoms with Crippen LogP contribution >= 0.6 is 8.53 Å². The molecule has 0 aliphatic carbocycles. The molecule has 0 spiro atoms. The van der Waals surface area contributed by atoms with Crippen LogP contribution in [0.15, 0.2) is 30.3 Å². The highest BCUT2D eigenvalue weighted by Crippen LogP contribution is 2.40. The third kappa shape index (κ3) is 5.27. The van der Waals surface area contributed by atoms with Gasteiger partial charge in [-0.25, -0.2) is 18.3 Å². The fourth-order valence-electron chi connectivity index (χ4n) is 1.75. The maximum Gasteiger partial charge on any atom is 0.382 e. The standard InChI is InChI=1S/C16H13F5NO4P/c1-2-24-10(23)8-22-27(25-9-6-4-3-5-7-9)26-16-14(20)12(18)11(17)13(19)15(16)21/h3-7,22H,2,8H2,1H3. The molecule has 0 amide bonds. The Balaban J connectivity index is 2.27. The van der Waals surface area contributed by atoms with Crippen LogP contribution in [0.3, 0.4) is 0 Å². The number of rotatable bonds is 8. The molecule has 0 saturated heterocycles. The SMILES string of the molecule is CCOC(=O)CNP(Oc1ccccc1)Oc1c(F)c(F)c(F)c(F)c1F. The number of hydrogen-bond donors (Lipinski definition) is 1. The molecule has 5 nitrogen and oxygen atoms in total. The van der Waals surface area contributed by atoms with Crippen LogP contribution in [0, 0.1) is 29.1 Å². The number of hydrogen-bond acceptors (Lipinski definition) is 5. The average molecular weight is 409 g/mol. The van der Waals surface area contributed by atoms with Crippen molar-refractivity contribution in [2.24, 2.45) is 0 Å². The first-order chi connectivity index (χ1) is 12.8. The Bertz CT molecular complexity index is 780. The fourth-order valence-corrected chi connectivity index (χ4v) is 2.81. The number of benzene rings is 2. The van der Waals surface area contributed by atoms with Crippen LogP contribution in [-0.4, -0.2) is 19.1 Å². The van der Waals surface area contributed by atoms with Gasteiger partial charge in [-0.2, -0.15) is 8.78 Å². The van der Waals surface area contributed by atoms with Crippen LogP contribution in [0.5, 0.6) is 11.5 Å². The number of halogens is 5. The molecule has 146 valence electrons. The summed E-state index contributed by atoms with van der Waals surface area (Å²) in [6, 6.07) is 7.73. The molecule has 2 aromatic rings. The van der Waals surface area contributed by atoms with E-state index < -0.39 is 55.9 Å². The van der Waals surface area contributed by atoms with E-state index >= 15 is 0 Å². The van der Waals surface area contributed by atoms with Gasteiger partial charge in [0.05, 0.1) is 6.61 Å². The molecule has 11 heteroatoms. The minimum absolute atomic E-state index is 0.0798. The first-order valence-electron chi connectivity index (χ1n) is 7.46. The third-order valence-electron chi connectivity index (χ3n) is 2.93. The van der Waals surface area contributed by atoms with Crippen LogP contribution in [0.2, 0.25) is 0 Å². The number of ether oxygens (including phenoxy) is 1. The maximum atomic E-state index is 13.8. The van der Waals surface area contributed by atoms with Gasteiger partial charge >= 0.3 is 14.5 Å². The summed E-state index contributed by atoms with van der Waals surface area (Å²) in [6.45, 7) is 1.16. The van der Waals surface area contributed by atoms with Gasteiger partial charge in [0.25, 0.3) is 0 Å². The number of para-hydroxylation sites is 1. The monoisotopic (exact) mass is 409 g/mol. The van der Waals surface area contributed by atoms with E-state index in [0.717, 1.165) is 0 Å². The minimum Gasteiger partial charge on any atom is -0.465 e. The number of carbonyl (C=O) groups is 1. The molecule has 0 aliphatic rings. The van der Waals surface area contributed by atoms with Crippen LogP contribution in [-0.2, 0) is 9.53 Å². The normalized spacial score (nSPS) is 11.8. The molecule has 27 heavy (non-hydrogen) atoms. The molecule has 0 saturated carbocycles. The maximum absolute atomic E-state index is 13.8. The molecular formula is C16H13F5NO4P. The Kier molecular flexibility index (Phi) is 7.32. The molecule has 0 aliphatic heterocycles. The number of nitrogens with one attached hydrogen (secondary N) is 1. The van der Waals surface area contributed by atoms with Crippen molar-refractivity contribution in [3.05, 3.63) is 59.4 Å². The molecule has 0 fully saturated rings. The summed E-state index contributed by atoms with van der Waals surface area (Å²) in [4.78, 5) is 11.4. The zero-order chi connectivity index (χ0) is 20.0. The van der Waals surface area contributed by atoms with Gasteiger partial charge in [-0.3, -0.25) is 4.79 Å². The lowest BCUT2D eigenvalue weighted by Gasteiger charge is -2.19. The van der Waals surface area contributed by atoms with Gasteiger partial charge in [-0.15, -0.1) is 0 Å². The molecule has 0 bridgehead atoms. The van der Waals surface area contributed by atoms with Crippen LogP contribution < -0.4 is 14.1 Å². The van der Waals surface area contributed by atoms with E-state index in [2.05, 4.69) is 9.82 Å². The fraction of sp³-hybridized carbons (Fsp3) is 0.188. The summed E-state index contributed by atoms with van der Waals surface area (Å²) in [7, 11) is -2.51. The molecule has 0 aromatic heterocycles. The quantitative estimate of drug-likeness (QED) is 0.233. The van der Waals surface area contributed by atoms with E-state index in [-0.39, 0.29) is 12.4 Å². The smallest absolute Gasteiger partial charge is 0.382 e. The van der Waals surface area contributed by atoms with Crippen molar-refractivity contribution < 1.29 is 40.5 Å². The summed E-state index contributed by atoms with van der Waals surface area (Å²) in [5, 5.41) is 2.38. The van der Waals surface area contributed by atoms with Crippen LogP contribution in [0.25, 0.3) is 0 Å². The van der Waals surface area contributed by atoms with E-state index in [9.17, 15) is 26.7 Å². The molecule has 1 N–H and O–H groups in total. The predicted octanol–water partition coefficient (Wildman–Crippen LogP) is 4.22. The van der Waals surface area contributed by atoms with Gasteiger partial charge < -0.3 is 13.8 Å². The minimum atomic E-state index is -2.51. The Morgan fingerprint density at radius 1 is 0.926 bits per heavy atom. The third-order valence-corrected chi connectivity index (χ3v) is 4.07. The Morgan fingerprint density at radius 3 is 2.04 bits per heavy atom. The lowest BCUT2D eigenvalue weighted by molar-refractivity contribution is -0.141. The second-order valence-corrected chi connectivity index (χ2v) is 5.99. The highest BCUT2D eigenvalue weighted by atomic mass is 31.2. The molecule has 0 heterocycles. The zero-order valence-corrected chi connectivity index (χ0v) is 14.7. The molecule has 2 rings (SSSR count). The second kappa shape index (κ2) is 9.48. The van der Waals surface area contributed by atoms with Crippen molar-refractivity contribution in [2.45, 2.75) is 6.92 Å². The first-order valence-corrected chi connectivity index (χ1v) is 8.64. The largest absolute Gasteiger partial charge is 0.465 e.